The van der Waals surface area contributed by atoms with Crippen LogP contribution >= 0.6 is 0 Å². The summed E-state index contributed by atoms with van der Waals surface area (Å²) in [4.78, 5) is 72.0. The Labute approximate surface area is 346 Å². The number of carbonyl (C=O) groups excluding carboxylic acids is 6. The Morgan fingerprint density at radius 3 is 1.25 bits per heavy atom. The first-order chi connectivity index (χ1) is 27.4. The van der Waals surface area contributed by atoms with Gasteiger partial charge < -0.3 is 42.4 Å². The van der Waals surface area contributed by atoms with Crippen molar-refractivity contribution in [3.63, 3.8) is 0 Å². The summed E-state index contributed by atoms with van der Waals surface area (Å²) in [6, 6.07) is 6.68. The van der Waals surface area contributed by atoms with Crippen LogP contribution in [0.4, 0.5) is 22.8 Å². The molecule has 2 aromatic carbocycles. The van der Waals surface area contributed by atoms with Gasteiger partial charge in [0.1, 0.15) is 17.0 Å². The molecule has 0 aliphatic carbocycles. The standard InChI is InChI=1S/C19H23NO6.C11H9F3O7S.C9H15NO2/c1-19(2,3)26-18(23)20(4)9-7-8-13-10-14(16(21)24-5)12-15(11-13)17(22)25-6;1-19-9(15)6-3-7(10(16)20-2)5-8(4-6)21-22(17,18)11(12,13)14;1-6-7-10(5)8(11)12-9(2,3)4/h10-12H,9H2,1-6H3;3-5H,1-2H3;1H,7H2,2-5H3. The van der Waals surface area contributed by atoms with Crippen LogP contribution in [0.25, 0.3) is 0 Å². The summed E-state index contributed by atoms with van der Waals surface area (Å²) in [5.41, 5.74) is -6.72. The van der Waals surface area contributed by atoms with Gasteiger partial charge in [0.15, 0.2) is 0 Å². The number of hydrogen-bond acceptors (Lipinski definition) is 15. The van der Waals surface area contributed by atoms with E-state index < -0.39 is 73.7 Å². The van der Waals surface area contributed by atoms with E-state index in [1.807, 2.05) is 20.8 Å². The molecule has 21 heteroatoms. The lowest BCUT2D eigenvalue weighted by Crippen LogP contribution is -2.34. The van der Waals surface area contributed by atoms with Crippen molar-refractivity contribution in [2.75, 3.05) is 55.6 Å². The van der Waals surface area contributed by atoms with Gasteiger partial charge in [-0.25, -0.2) is 28.8 Å². The molecule has 2 aromatic rings. The number of alkyl halides is 3. The van der Waals surface area contributed by atoms with Crippen molar-refractivity contribution in [2.24, 2.45) is 0 Å². The Balaban J connectivity index is 0.000000928. The first-order valence-electron chi connectivity index (χ1n) is 16.9. The largest absolute Gasteiger partial charge is 0.534 e. The maximum absolute atomic E-state index is 12.3. The van der Waals surface area contributed by atoms with Gasteiger partial charge in [0.2, 0.25) is 0 Å². The number of benzene rings is 2. The zero-order chi connectivity index (χ0) is 46.8. The van der Waals surface area contributed by atoms with Crippen LogP contribution in [0, 0.1) is 24.2 Å². The summed E-state index contributed by atoms with van der Waals surface area (Å²) in [6.45, 7) is 11.2. The van der Waals surface area contributed by atoms with E-state index in [9.17, 15) is 50.4 Å². The second-order valence-corrected chi connectivity index (χ2v) is 15.2. The highest BCUT2D eigenvalue weighted by molar-refractivity contribution is 7.88. The van der Waals surface area contributed by atoms with E-state index in [0.717, 1.165) is 20.3 Å². The molecule has 17 nitrogen and oxygen atoms in total. The first-order valence-corrected chi connectivity index (χ1v) is 18.3. The fourth-order valence-corrected chi connectivity index (χ4v) is 4.11. The molecule has 0 saturated carbocycles. The Hall–Kier alpha value is -6.48. The molecule has 0 atom stereocenters. The van der Waals surface area contributed by atoms with Gasteiger partial charge in [-0.3, -0.25) is 0 Å². The van der Waals surface area contributed by atoms with Gasteiger partial charge in [-0.2, -0.15) is 21.6 Å². The number of esters is 4. The third-order valence-corrected chi connectivity index (χ3v) is 7.28. The molecule has 60 heavy (non-hydrogen) atoms. The van der Waals surface area contributed by atoms with Gasteiger partial charge in [-0.05, 0) is 77.9 Å². The Bertz CT molecular complexity index is 2020. The summed E-state index contributed by atoms with van der Waals surface area (Å²) in [5.74, 6) is 3.88. The monoisotopic (exact) mass is 872 g/mol. The maximum atomic E-state index is 12.3. The zero-order valence-corrected chi connectivity index (χ0v) is 35.8. The molecule has 2 amide bonds. The van der Waals surface area contributed by atoms with E-state index in [0.29, 0.717) is 17.7 Å². The topological polar surface area (TPSA) is 208 Å². The van der Waals surface area contributed by atoms with Crippen LogP contribution in [-0.2, 0) is 38.5 Å². The molecule has 330 valence electrons. The minimum Gasteiger partial charge on any atom is -0.465 e. The highest BCUT2D eigenvalue weighted by Crippen LogP contribution is 2.28. The van der Waals surface area contributed by atoms with E-state index >= 15 is 0 Å². The summed E-state index contributed by atoms with van der Waals surface area (Å²) in [5, 5.41) is 0. The fraction of sp³-hybridized carbons (Fsp3) is 0.436. The van der Waals surface area contributed by atoms with Crippen LogP contribution in [0.5, 0.6) is 5.75 Å². The molecule has 0 aliphatic heterocycles. The van der Waals surface area contributed by atoms with Crippen LogP contribution in [0.15, 0.2) is 36.4 Å². The maximum Gasteiger partial charge on any atom is 0.534 e. The van der Waals surface area contributed by atoms with E-state index in [2.05, 4.69) is 40.9 Å². The van der Waals surface area contributed by atoms with Gasteiger partial charge in [-0.1, -0.05) is 17.8 Å². The predicted molar refractivity (Wildman–Crippen MR) is 207 cm³/mol. The molecule has 0 fully saturated rings. The molecule has 0 spiro atoms. The number of methoxy groups -OCH3 is 4. The lowest BCUT2D eigenvalue weighted by Gasteiger charge is -2.23. The average Bonchev–Trinajstić information content (AvgIpc) is 3.14. The molecule has 0 heterocycles. The normalized spacial score (nSPS) is 10.8. The van der Waals surface area contributed by atoms with Crippen molar-refractivity contribution < 1.29 is 83.0 Å². The van der Waals surface area contributed by atoms with Gasteiger partial charge in [-0.15, -0.1) is 6.42 Å². The molecule has 0 N–H and O–H groups in total. The Morgan fingerprint density at radius 1 is 0.617 bits per heavy atom. The van der Waals surface area contributed by atoms with Crippen molar-refractivity contribution in [2.45, 2.75) is 58.3 Å². The van der Waals surface area contributed by atoms with E-state index in [-0.39, 0.29) is 30.3 Å². The van der Waals surface area contributed by atoms with Crippen molar-refractivity contribution >= 4 is 46.2 Å². The summed E-state index contributed by atoms with van der Waals surface area (Å²) in [7, 11) is 1.68. The quantitative estimate of drug-likeness (QED) is 0.106. The van der Waals surface area contributed by atoms with Crippen molar-refractivity contribution in [1.82, 2.24) is 9.80 Å². The minimum absolute atomic E-state index is 0.116. The number of terminal acetylenes is 1. The molecule has 2 rings (SSSR count). The van der Waals surface area contributed by atoms with Crippen LogP contribution in [0.1, 0.15) is 88.5 Å². The molecule has 0 radical (unpaired) electrons. The smallest absolute Gasteiger partial charge is 0.465 e. The molecule has 0 saturated heterocycles. The number of hydrogen-bond donors (Lipinski definition) is 0. The summed E-state index contributed by atoms with van der Waals surface area (Å²) >= 11 is 0. The van der Waals surface area contributed by atoms with Crippen molar-refractivity contribution in [1.29, 1.82) is 0 Å². The SMILES string of the molecule is C#CCN(C)C(=O)OC(C)(C)C.COC(=O)c1cc(C#CCN(C)C(=O)OC(C)(C)C)cc(C(=O)OC)c1.COC(=O)c1cc(OS(=O)(=O)C(F)(F)F)cc(C(=O)OC)c1. The van der Waals surface area contributed by atoms with Crippen molar-refractivity contribution in [3.05, 3.63) is 64.2 Å². The van der Waals surface area contributed by atoms with Gasteiger partial charge in [0.05, 0.1) is 63.8 Å². The molecule has 0 bridgehead atoms. The highest BCUT2D eigenvalue weighted by Gasteiger charge is 2.48. The minimum atomic E-state index is -5.95. The third kappa shape index (κ3) is 19.3. The van der Waals surface area contributed by atoms with Gasteiger partial charge >= 0.3 is 51.7 Å². The van der Waals surface area contributed by atoms with E-state index in [1.54, 1.807) is 34.9 Å². The first kappa shape index (κ1) is 53.5. The van der Waals surface area contributed by atoms with Gasteiger partial charge in [0.25, 0.3) is 0 Å². The molecular formula is C39H47F3N2O15S. The van der Waals surface area contributed by atoms with E-state index in [4.69, 9.17) is 15.9 Å². The molecule has 0 aliphatic rings. The number of rotatable bonds is 8. The lowest BCUT2D eigenvalue weighted by atomic mass is 10.1. The van der Waals surface area contributed by atoms with Crippen molar-refractivity contribution in [3.8, 4) is 29.9 Å². The number of halogens is 3. The van der Waals surface area contributed by atoms with E-state index in [1.165, 1.54) is 42.2 Å². The van der Waals surface area contributed by atoms with Crippen LogP contribution in [0.2, 0.25) is 0 Å². The van der Waals surface area contributed by atoms with Crippen LogP contribution in [-0.4, -0.2) is 127 Å². The van der Waals surface area contributed by atoms with Gasteiger partial charge in [0, 0.05) is 19.7 Å². The summed E-state index contributed by atoms with van der Waals surface area (Å²) in [6.07, 6.45) is 4.15. The van der Waals surface area contributed by atoms with Crippen LogP contribution < -0.4 is 4.18 Å². The number of amides is 2. The highest BCUT2D eigenvalue weighted by atomic mass is 32.2. The number of nitrogens with zero attached hydrogens (tertiary/aromatic N) is 2. The Morgan fingerprint density at radius 2 is 0.950 bits per heavy atom. The zero-order valence-electron chi connectivity index (χ0n) is 35.0. The number of carbonyl (C=O) groups is 6. The third-order valence-electron chi connectivity index (χ3n) is 6.30. The fourth-order valence-electron chi connectivity index (χ4n) is 3.67. The predicted octanol–water partition coefficient (Wildman–Crippen LogP) is 5.45. The average molecular weight is 873 g/mol. The number of ether oxygens (including phenoxy) is 6. The molecule has 0 unspecified atom stereocenters. The molecular weight excluding hydrogens is 825 g/mol. The second-order valence-electron chi connectivity index (χ2n) is 13.7. The lowest BCUT2D eigenvalue weighted by molar-refractivity contribution is -0.0500. The van der Waals surface area contributed by atoms with Crippen LogP contribution in [0.3, 0.4) is 0 Å². The Kier molecular flexibility index (Phi) is 20.7. The summed E-state index contributed by atoms with van der Waals surface area (Å²) < 4.78 is 90.9. The second kappa shape index (κ2) is 23.2. The molecule has 0 aromatic heterocycles.